The summed E-state index contributed by atoms with van der Waals surface area (Å²) >= 11 is 3.98. The summed E-state index contributed by atoms with van der Waals surface area (Å²) in [5, 5.41) is 0. The summed E-state index contributed by atoms with van der Waals surface area (Å²) in [4.78, 5) is 14.0. The van der Waals surface area contributed by atoms with Crippen LogP contribution in [0, 0.1) is 24.1 Å². The minimum atomic E-state index is -0.430. The summed E-state index contributed by atoms with van der Waals surface area (Å²) in [7, 11) is 0. The lowest BCUT2D eigenvalue weighted by Gasteiger charge is -2.20. The molecule has 0 radical (unpaired) electrons. The van der Waals surface area contributed by atoms with Crippen molar-refractivity contribution in [1.82, 2.24) is 4.90 Å². The Morgan fingerprint density at radius 1 is 1.56 bits per heavy atom. The summed E-state index contributed by atoms with van der Waals surface area (Å²) in [5.41, 5.74) is 0.428. The fourth-order valence-corrected chi connectivity index (χ4v) is 1.98. The largest absolute Gasteiger partial charge is 0.327 e. The third-order valence-electron chi connectivity index (χ3n) is 2.94. The molecule has 0 heterocycles. The van der Waals surface area contributed by atoms with Crippen molar-refractivity contribution < 1.29 is 9.18 Å². The van der Waals surface area contributed by atoms with Crippen molar-refractivity contribution in [3.63, 3.8) is 0 Å². The van der Waals surface area contributed by atoms with Gasteiger partial charge in [0.2, 0.25) is 0 Å². The van der Waals surface area contributed by atoms with Crippen molar-refractivity contribution in [1.29, 1.82) is 0 Å². The number of benzene rings is 1. The quantitative estimate of drug-likeness (QED) is 0.654. The maximum absolute atomic E-state index is 13.1. The Labute approximate surface area is 112 Å². The van der Waals surface area contributed by atoms with Gasteiger partial charge in [-0.05, 0) is 37.0 Å². The average molecular weight is 263 g/mol. The smallest absolute Gasteiger partial charge is 0.254 e. The molecular weight excluding hydrogens is 249 g/mol. The fraction of sp³-hybridized carbons (Fsp3) is 0.357. The predicted octanol–water partition coefficient (Wildman–Crippen LogP) is 2.60. The van der Waals surface area contributed by atoms with Gasteiger partial charge >= 0.3 is 0 Å². The molecular formula is C14H14FNOS. The maximum Gasteiger partial charge on any atom is 0.254 e. The number of hydrogen-bond donors (Lipinski definition) is 1. The highest BCUT2D eigenvalue weighted by Crippen LogP contribution is 2.30. The number of thiol groups is 1. The molecule has 1 amide bonds. The van der Waals surface area contributed by atoms with Crippen molar-refractivity contribution in [2.75, 3.05) is 13.1 Å². The summed E-state index contributed by atoms with van der Waals surface area (Å²) < 4.78 is 13.1. The minimum absolute atomic E-state index is 0.157. The summed E-state index contributed by atoms with van der Waals surface area (Å²) in [5.74, 6) is 2.47. The molecule has 0 unspecified atom stereocenters. The van der Waals surface area contributed by atoms with Crippen LogP contribution in [-0.4, -0.2) is 23.9 Å². The summed E-state index contributed by atoms with van der Waals surface area (Å²) in [6.07, 6.45) is 7.57. The predicted molar refractivity (Wildman–Crippen MR) is 71.1 cm³/mol. The minimum Gasteiger partial charge on any atom is -0.327 e. The number of amides is 1. The Bertz CT molecular complexity index is 505. The van der Waals surface area contributed by atoms with Crippen molar-refractivity contribution in [2.45, 2.75) is 17.7 Å². The number of terminal acetylenes is 1. The van der Waals surface area contributed by atoms with Crippen LogP contribution >= 0.6 is 12.6 Å². The van der Waals surface area contributed by atoms with Crippen molar-refractivity contribution in [2.24, 2.45) is 5.92 Å². The van der Waals surface area contributed by atoms with Gasteiger partial charge in [-0.3, -0.25) is 4.79 Å². The van der Waals surface area contributed by atoms with E-state index in [0.717, 1.165) is 12.8 Å². The zero-order valence-corrected chi connectivity index (χ0v) is 10.8. The van der Waals surface area contributed by atoms with Crippen LogP contribution in [0.15, 0.2) is 23.1 Å². The first-order valence-corrected chi connectivity index (χ1v) is 6.27. The van der Waals surface area contributed by atoms with Crippen LogP contribution in [0.2, 0.25) is 0 Å². The number of carbonyl (C=O) groups is 1. The zero-order valence-electron chi connectivity index (χ0n) is 9.90. The molecule has 1 aromatic carbocycles. The van der Waals surface area contributed by atoms with Crippen molar-refractivity contribution >= 4 is 18.5 Å². The average Bonchev–Trinajstić information content (AvgIpc) is 3.15. The molecule has 18 heavy (non-hydrogen) atoms. The Hall–Kier alpha value is -1.47. The van der Waals surface area contributed by atoms with Crippen LogP contribution in [-0.2, 0) is 0 Å². The number of hydrogen-bond acceptors (Lipinski definition) is 2. The monoisotopic (exact) mass is 263 g/mol. The normalized spacial score (nSPS) is 14.1. The Balaban J connectivity index is 2.15. The van der Waals surface area contributed by atoms with Gasteiger partial charge < -0.3 is 4.90 Å². The maximum atomic E-state index is 13.1. The topological polar surface area (TPSA) is 20.3 Å². The summed E-state index contributed by atoms with van der Waals surface area (Å²) in [6, 6.07) is 4.16. The van der Waals surface area contributed by atoms with Gasteiger partial charge in [0.25, 0.3) is 5.91 Å². The van der Waals surface area contributed by atoms with Crippen LogP contribution in [0.1, 0.15) is 23.2 Å². The number of halogens is 1. The van der Waals surface area contributed by atoms with E-state index in [1.807, 2.05) is 0 Å². The highest BCUT2D eigenvalue weighted by atomic mass is 32.1. The molecule has 0 aliphatic heterocycles. The van der Waals surface area contributed by atoms with Gasteiger partial charge in [0.1, 0.15) is 5.82 Å². The van der Waals surface area contributed by atoms with E-state index in [-0.39, 0.29) is 17.3 Å². The van der Waals surface area contributed by atoms with Crippen LogP contribution in [0.4, 0.5) is 4.39 Å². The fourth-order valence-electron chi connectivity index (χ4n) is 1.77. The van der Waals surface area contributed by atoms with E-state index in [4.69, 9.17) is 6.42 Å². The Morgan fingerprint density at radius 2 is 2.28 bits per heavy atom. The molecule has 0 saturated heterocycles. The number of carbonyl (C=O) groups excluding carboxylic acids is 1. The van der Waals surface area contributed by atoms with Crippen LogP contribution in [0.3, 0.4) is 0 Å². The first kappa shape index (κ1) is 13.0. The number of nitrogens with zero attached hydrogens (tertiary/aromatic N) is 1. The molecule has 1 aromatic rings. The molecule has 0 aromatic heterocycles. The van der Waals surface area contributed by atoms with Gasteiger partial charge in [-0.15, -0.1) is 19.1 Å². The van der Waals surface area contributed by atoms with Gasteiger partial charge in [0.15, 0.2) is 0 Å². The highest BCUT2D eigenvalue weighted by molar-refractivity contribution is 7.80. The van der Waals surface area contributed by atoms with Gasteiger partial charge in [-0.25, -0.2) is 4.39 Å². The Morgan fingerprint density at radius 3 is 2.83 bits per heavy atom. The van der Waals surface area contributed by atoms with Gasteiger partial charge in [0, 0.05) is 17.0 Å². The lowest BCUT2D eigenvalue weighted by atomic mass is 10.2. The van der Waals surface area contributed by atoms with Gasteiger partial charge in [-0.1, -0.05) is 5.92 Å². The second-order valence-corrected chi connectivity index (χ2v) is 4.98. The first-order valence-electron chi connectivity index (χ1n) is 5.83. The van der Waals surface area contributed by atoms with E-state index in [9.17, 15) is 9.18 Å². The third-order valence-corrected chi connectivity index (χ3v) is 3.28. The molecule has 1 saturated carbocycles. The molecule has 2 rings (SSSR count). The number of rotatable bonds is 4. The lowest BCUT2D eigenvalue weighted by molar-refractivity contribution is 0.0769. The van der Waals surface area contributed by atoms with Crippen LogP contribution in [0.25, 0.3) is 0 Å². The first-order chi connectivity index (χ1) is 8.61. The van der Waals surface area contributed by atoms with Crippen LogP contribution < -0.4 is 0 Å². The van der Waals surface area contributed by atoms with Gasteiger partial charge in [0.05, 0.1) is 6.54 Å². The molecule has 1 aliphatic rings. The molecule has 0 spiro atoms. The van der Waals surface area contributed by atoms with Gasteiger partial charge in [-0.2, -0.15) is 0 Å². The molecule has 2 nitrogen and oxygen atoms in total. The van der Waals surface area contributed by atoms with E-state index in [1.54, 1.807) is 4.90 Å². The van der Waals surface area contributed by atoms with E-state index >= 15 is 0 Å². The van der Waals surface area contributed by atoms with Crippen molar-refractivity contribution in [3.05, 3.63) is 29.6 Å². The summed E-state index contributed by atoms with van der Waals surface area (Å²) in [6.45, 7) is 0.969. The SMILES string of the molecule is C#CCN(CC1CC1)C(=O)c1ccc(F)c(S)c1. The third kappa shape index (κ3) is 3.05. The molecule has 4 heteroatoms. The second-order valence-electron chi connectivity index (χ2n) is 4.50. The molecule has 0 N–H and O–H groups in total. The Kier molecular flexibility index (Phi) is 3.93. The van der Waals surface area contributed by atoms with E-state index < -0.39 is 5.82 Å². The molecule has 0 atom stereocenters. The highest BCUT2D eigenvalue weighted by Gasteiger charge is 2.27. The zero-order chi connectivity index (χ0) is 13.1. The van der Waals surface area contributed by atoms with E-state index in [1.165, 1.54) is 18.2 Å². The lowest BCUT2D eigenvalue weighted by Crippen LogP contribution is -2.33. The molecule has 1 aliphatic carbocycles. The van der Waals surface area contributed by atoms with E-state index in [0.29, 0.717) is 18.0 Å². The second kappa shape index (κ2) is 5.45. The van der Waals surface area contributed by atoms with E-state index in [2.05, 4.69) is 18.5 Å². The molecule has 94 valence electrons. The van der Waals surface area contributed by atoms with Crippen LogP contribution in [0.5, 0.6) is 0 Å². The standard InChI is InChI=1S/C14H14FNOS/c1-2-7-16(9-10-3-4-10)14(17)11-5-6-12(15)13(18)8-11/h1,5-6,8,10,18H,3-4,7,9H2. The molecule has 0 bridgehead atoms. The molecule has 1 fully saturated rings. The van der Waals surface area contributed by atoms with Crippen molar-refractivity contribution in [3.8, 4) is 12.3 Å².